The Morgan fingerprint density at radius 3 is 2.48 bits per heavy atom. The largest absolute Gasteiger partial charge is 0.465 e. The Bertz CT molecular complexity index is 908. The molecule has 0 unspecified atom stereocenters. The molecule has 0 bridgehead atoms. The molecule has 0 saturated heterocycles. The normalized spacial score (nSPS) is 15.7. The van der Waals surface area contributed by atoms with Gasteiger partial charge in [0.25, 0.3) is 5.91 Å². The molecule has 2 aromatic carbocycles. The van der Waals surface area contributed by atoms with Crippen molar-refractivity contribution in [3.8, 4) is 0 Å². The maximum Gasteiger partial charge on any atom is 0.337 e. The summed E-state index contributed by atoms with van der Waals surface area (Å²) < 4.78 is 4.61. The van der Waals surface area contributed by atoms with E-state index in [1.807, 2.05) is 0 Å². The Morgan fingerprint density at radius 2 is 1.78 bits per heavy atom. The van der Waals surface area contributed by atoms with Gasteiger partial charge in [-0.15, -0.1) is 0 Å². The number of hydrogen-bond donors (Lipinski definition) is 3. The average Bonchev–Trinajstić information content (AvgIpc) is 2.78. The lowest BCUT2D eigenvalue weighted by molar-refractivity contribution is -0.122. The number of nitrogens with one attached hydrogen (secondary N) is 3. The molecule has 0 radical (unpaired) electrons. The molecule has 2 aromatic rings. The molecule has 1 aliphatic rings. The molecule has 1 atom stereocenters. The lowest BCUT2D eigenvalue weighted by Crippen LogP contribution is -2.43. The van der Waals surface area contributed by atoms with Crippen LogP contribution in [-0.4, -0.2) is 36.8 Å². The summed E-state index contributed by atoms with van der Waals surface area (Å²) in [7, 11) is 1.28. The topological polar surface area (TPSA) is 114 Å². The third kappa shape index (κ3) is 4.12. The smallest absolute Gasteiger partial charge is 0.337 e. The van der Waals surface area contributed by atoms with E-state index < -0.39 is 29.7 Å². The van der Waals surface area contributed by atoms with Crippen molar-refractivity contribution in [2.45, 2.75) is 12.5 Å². The molecule has 0 spiro atoms. The second-order valence-electron chi connectivity index (χ2n) is 5.88. The molecule has 0 fully saturated rings. The standard InChI is InChI=1S/C19H17N3O5/c1-27-19(26)11-6-8-12(9-7-11)20-16(23)10-15-18(25)21-14-5-3-2-4-13(14)17(24)22-15/h2-9,15H,10H2,1H3,(H,20,23)(H,21,25)(H,22,24)/t15-/m1/s1. The summed E-state index contributed by atoms with van der Waals surface area (Å²) >= 11 is 0. The van der Waals surface area contributed by atoms with Gasteiger partial charge in [0.1, 0.15) is 6.04 Å². The van der Waals surface area contributed by atoms with Crippen LogP contribution in [0, 0.1) is 0 Å². The minimum atomic E-state index is -1.00. The van der Waals surface area contributed by atoms with Crippen LogP contribution in [0.2, 0.25) is 0 Å². The Labute approximate surface area is 154 Å². The van der Waals surface area contributed by atoms with Crippen LogP contribution >= 0.6 is 0 Å². The molecular formula is C19H17N3O5. The first-order valence-corrected chi connectivity index (χ1v) is 8.17. The van der Waals surface area contributed by atoms with Gasteiger partial charge in [0.2, 0.25) is 11.8 Å². The van der Waals surface area contributed by atoms with Crippen molar-refractivity contribution in [1.29, 1.82) is 0 Å². The summed E-state index contributed by atoms with van der Waals surface area (Å²) in [5, 5.41) is 7.83. The van der Waals surface area contributed by atoms with E-state index in [1.165, 1.54) is 19.2 Å². The van der Waals surface area contributed by atoms with Gasteiger partial charge in [-0.25, -0.2) is 4.79 Å². The second-order valence-corrected chi connectivity index (χ2v) is 5.88. The van der Waals surface area contributed by atoms with E-state index in [2.05, 4.69) is 20.7 Å². The molecule has 1 aliphatic heterocycles. The van der Waals surface area contributed by atoms with Crippen LogP contribution in [0.25, 0.3) is 0 Å². The molecule has 3 rings (SSSR count). The molecule has 8 heteroatoms. The summed E-state index contributed by atoms with van der Waals surface area (Å²) in [5.41, 5.74) is 1.55. The van der Waals surface area contributed by atoms with E-state index in [-0.39, 0.29) is 6.42 Å². The van der Waals surface area contributed by atoms with E-state index in [4.69, 9.17) is 0 Å². The van der Waals surface area contributed by atoms with Gasteiger partial charge in [0.15, 0.2) is 0 Å². The van der Waals surface area contributed by atoms with E-state index in [0.717, 1.165) is 0 Å². The maximum atomic E-state index is 12.3. The fourth-order valence-corrected chi connectivity index (χ4v) is 2.66. The van der Waals surface area contributed by atoms with Crippen LogP contribution in [0.3, 0.4) is 0 Å². The Morgan fingerprint density at radius 1 is 1.07 bits per heavy atom. The summed E-state index contributed by atoms with van der Waals surface area (Å²) in [5.74, 6) is -1.83. The molecule has 27 heavy (non-hydrogen) atoms. The SMILES string of the molecule is COC(=O)c1ccc(NC(=O)C[C@H]2NC(=O)c3ccccc3NC2=O)cc1. The predicted octanol–water partition coefficient (Wildman–Crippen LogP) is 1.55. The van der Waals surface area contributed by atoms with Crippen molar-refractivity contribution in [2.24, 2.45) is 0 Å². The van der Waals surface area contributed by atoms with Crippen molar-refractivity contribution in [3.05, 3.63) is 59.7 Å². The van der Waals surface area contributed by atoms with Gasteiger partial charge >= 0.3 is 5.97 Å². The second kappa shape index (κ2) is 7.69. The van der Waals surface area contributed by atoms with Crippen LogP contribution in [0.5, 0.6) is 0 Å². The molecule has 1 heterocycles. The quantitative estimate of drug-likeness (QED) is 0.710. The molecular weight excluding hydrogens is 350 g/mol. The van der Waals surface area contributed by atoms with E-state index >= 15 is 0 Å². The first kappa shape index (κ1) is 18.1. The number of anilines is 2. The Kier molecular flexibility index (Phi) is 5.16. The third-order valence-electron chi connectivity index (χ3n) is 4.03. The van der Waals surface area contributed by atoms with Gasteiger partial charge in [0.05, 0.1) is 30.3 Å². The fourth-order valence-electron chi connectivity index (χ4n) is 2.66. The highest BCUT2D eigenvalue weighted by molar-refractivity contribution is 6.11. The highest BCUT2D eigenvalue weighted by Crippen LogP contribution is 2.19. The zero-order chi connectivity index (χ0) is 19.4. The summed E-state index contributed by atoms with van der Waals surface area (Å²) in [6, 6.07) is 11.7. The van der Waals surface area contributed by atoms with E-state index in [0.29, 0.717) is 22.5 Å². The lowest BCUT2D eigenvalue weighted by atomic mass is 10.1. The molecule has 0 aromatic heterocycles. The zero-order valence-electron chi connectivity index (χ0n) is 14.4. The van der Waals surface area contributed by atoms with Gasteiger partial charge < -0.3 is 20.7 Å². The summed E-state index contributed by atoms with van der Waals surface area (Å²) in [6.07, 6.45) is -0.232. The number of rotatable bonds is 4. The van der Waals surface area contributed by atoms with Crippen LogP contribution < -0.4 is 16.0 Å². The predicted molar refractivity (Wildman–Crippen MR) is 97.4 cm³/mol. The minimum absolute atomic E-state index is 0.232. The van der Waals surface area contributed by atoms with Crippen LogP contribution in [-0.2, 0) is 14.3 Å². The number of amides is 3. The minimum Gasteiger partial charge on any atom is -0.465 e. The molecule has 0 saturated carbocycles. The van der Waals surface area contributed by atoms with Crippen LogP contribution in [0.1, 0.15) is 27.1 Å². The Balaban J connectivity index is 1.65. The number of para-hydroxylation sites is 1. The van der Waals surface area contributed by atoms with Crippen molar-refractivity contribution >= 4 is 35.1 Å². The van der Waals surface area contributed by atoms with Crippen molar-refractivity contribution in [1.82, 2.24) is 5.32 Å². The van der Waals surface area contributed by atoms with Gasteiger partial charge in [-0.1, -0.05) is 12.1 Å². The third-order valence-corrected chi connectivity index (χ3v) is 4.03. The molecule has 8 nitrogen and oxygen atoms in total. The molecule has 3 N–H and O–H groups in total. The van der Waals surface area contributed by atoms with Crippen molar-refractivity contribution in [2.75, 3.05) is 17.7 Å². The first-order chi connectivity index (χ1) is 13.0. The summed E-state index contributed by atoms with van der Waals surface area (Å²) in [6.45, 7) is 0. The van der Waals surface area contributed by atoms with Gasteiger partial charge in [0, 0.05) is 5.69 Å². The molecule has 138 valence electrons. The molecule has 3 amide bonds. The van der Waals surface area contributed by atoms with E-state index in [1.54, 1.807) is 36.4 Å². The highest BCUT2D eigenvalue weighted by atomic mass is 16.5. The zero-order valence-corrected chi connectivity index (χ0v) is 14.4. The van der Waals surface area contributed by atoms with Gasteiger partial charge in [-0.05, 0) is 36.4 Å². The summed E-state index contributed by atoms with van der Waals surface area (Å²) in [4.78, 5) is 48.2. The monoisotopic (exact) mass is 367 g/mol. The highest BCUT2D eigenvalue weighted by Gasteiger charge is 2.29. The molecule has 0 aliphatic carbocycles. The number of fused-ring (bicyclic) bond motifs is 1. The van der Waals surface area contributed by atoms with Crippen molar-refractivity contribution < 1.29 is 23.9 Å². The lowest BCUT2D eigenvalue weighted by Gasteiger charge is -2.14. The Hall–Kier alpha value is -3.68. The van der Waals surface area contributed by atoms with Gasteiger partial charge in [-0.3, -0.25) is 14.4 Å². The number of hydrogen-bond acceptors (Lipinski definition) is 5. The van der Waals surface area contributed by atoms with Gasteiger partial charge in [-0.2, -0.15) is 0 Å². The fraction of sp³-hybridized carbons (Fsp3) is 0.158. The maximum absolute atomic E-state index is 12.3. The van der Waals surface area contributed by atoms with Crippen LogP contribution in [0.15, 0.2) is 48.5 Å². The average molecular weight is 367 g/mol. The number of benzene rings is 2. The van der Waals surface area contributed by atoms with E-state index in [9.17, 15) is 19.2 Å². The number of ether oxygens (including phenoxy) is 1. The number of carbonyl (C=O) groups is 4. The van der Waals surface area contributed by atoms with Crippen LogP contribution in [0.4, 0.5) is 11.4 Å². The number of esters is 1. The van der Waals surface area contributed by atoms with Crippen molar-refractivity contribution in [3.63, 3.8) is 0 Å². The first-order valence-electron chi connectivity index (χ1n) is 8.17. The number of methoxy groups -OCH3 is 1. The number of carbonyl (C=O) groups excluding carboxylic acids is 4.